The Bertz CT molecular complexity index is 1360. The molecule has 0 aliphatic carbocycles. The van der Waals surface area contributed by atoms with Crippen molar-refractivity contribution >= 4 is 46.4 Å². The summed E-state index contributed by atoms with van der Waals surface area (Å²) in [5, 5.41) is 13.6. The van der Waals surface area contributed by atoms with Gasteiger partial charge in [0.25, 0.3) is 5.91 Å². The third kappa shape index (κ3) is 5.38. The summed E-state index contributed by atoms with van der Waals surface area (Å²) in [6.07, 6.45) is 1.69. The van der Waals surface area contributed by atoms with Crippen LogP contribution in [0.15, 0.2) is 48.7 Å². The standard InChI is InChI=1S/C24H22Cl3N5O2/c1-14-10-18(25)6-7-22(14)34-13-31-9-8-21(30-31)24(33)28-23-15(2)29-32(16(23)3)12-17-4-5-19(26)11-20(17)27/h4-11H,12-13H2,1-3H3,(H,28,33). The molecule has 2 aromatic carbocycles. The molecule has 4 aromatic rings. The SMILES string of the molecule is Cc1cc(Cl)ccc1OCn1ccc(C(=O)Nc2c(C)nn(Cc3ccc(Cl)cc3Cl)c2C)n1. The van der Waals surface area contributed by atoms with Crippen molar-refractivity contribution in [3.63, 3.8) is 0 Å². The third-order valence-electron chi connectivity index (χ3n) is 5.32. The lowest BCUT2D eigenvalue weighted by Crippen LogP contribution is -2.15. The number of hydrogen-bond acceptors (Lipinski definition) is 4. The first-order chi connectivity index (χ1) is 16.2. The van der Waals surface area contributed by atoms with Gasteiger partial charge in [-0.2, -0.15) is 10.2 Å². The van der Waals surface area contributed by atoms with E-state index in [1.807, 2.05) is 32.9 Å². The van der Waals surface area contributed by atoms with Crippen LogP contribution in [0.4, 0.5) is 5.69 Å². The second kappa shape index (κ2) is 10.1. The number of rotatable bonds is 7. The summed E-state index contributed by atoms with van der Waals surface area (Å²) in [4.78, 5) is 12.8. The number of amides is 1. The highest BCUT2D eigenvalue weighted by Gasteiger charge is 2.18. The van der Waals surface area contributed by atoms with Gasteiger partial charge < -0.3 is 10.1 Å². The van der Waals surface area contributed by atoms with Gasteiger partial charge in [-0.25, -0.2) is 4.68 Å². The molecule has 2 heterocycles. The summed E-state index contributed by atoms with van der Waals surface area (Å²) in [7, 11) is 0. The minimum atomic E-state index is -0.336. The molecule has 0 bridgehead atoms. The van der Waals surface area contributed by atoms with Gasteiger partial charge in [0.2, 0.25) is 0 Å². The summed E-state index contributed by atoms with van der Waals surface area (Å²) in [6.45, 7) is 6.25. The van der Waals surface area contributed by atoms with Gasteiger partial charge in [-0.3, -0.25) is 9.48 Å². The molecule has 0 spiro atoms. The van der Waals surface area contributed by atoms with Crippen molar-refractivity contribution in [1.82, 2.24) is 19.6 Å². The molecule has 0 saturated heterocycles. The number of aromatic nitrogens is 4. The maximum absolute atomic E-state index is 12.8. The number of anilines is 1. The fraction of sp³-hybridized carbons (Fsp3) is 0.208. The molecule has 0 fully saturated rings. The Morgan fingerprint density at radius 1 is 1.00 bits per heavy atom. The zero-order valence-electron chi connectivity index (χ0n) is 18.8. The van der Waals surface area contributed by atoms with Gasteiger partial charge in [-0.1, -0.05) is 40.9 Å². The number of carbonyl (C=O) groups is 1. The van der Waals surface area contributed by atoms with E-state index in [9.17, 15) is 4.79 Å². The number of aryl methyl sites for hydroxylation is 2. The second-order valence-corrected chi connectivity index (χ2v) is 9.10. The van der Waals surface area contributed by atoms with E-state index in [0.29, 0.717) is 38.7 Å². The number of hydrogen-bond donors (Lipinski definition) is 1. The van der Waals surface area contributed by atoms with E-state index in [1.165, 1.54) is 0 Å². The molecule has 34 heavy (non-hydrogen) atoms. The maximum Gasteiger partial charge on any atom is 0.276 e. The van der Waals surface area contributed by atoms with Crippen LogP contribution in [-0.2, 0) is 13.3 Å². The average molecular weight is 519 g/mol. The number of halogens is 3. The van der Waals surface area contributed by atoms with Crippen LogP contribution in [0.5, 0.6) is 5.75 Å². The van der Waals surface area contributed by atoms with E-state index in [0.717, 1.165) is 16.8 Å². The first kappa shape index (κ1) is 24.1. The Morgan fingerprint density at radius 3 is 2.47 bits per heavy atom. The fourth-order valence-electron chi connectivity index (χ4n) is 3.49. The topological polar surface area (TPSA) is 74.0 Å². The normalized spacial score (nSPS) is 11.0. The Morgan fingerprint density at radius 2 is 1.74 bits per heavy atom. The van der Waals surface area contributed by atoms with Crippen LogP contribution in [-0.4, -0.2) is 25.5 Å². The van der Waals surface area contributed by atoms with Crippen molar-refractivity contribution in [2.45, 2.75) is 34.0 Å². The summed E-state index contributed by atoms with van der Waals surface area (Å²) < 4.78 is 9.12. The predicted molar refractivity (Wildman–Crippen MR) is 134 cm³/mol. The van der Waals surface area contributed by atoms with Gasteiger partial charge in [-0.05, 0) is 68.3 Å². The molecule has 0 aliphatic rings. The number of ether oxygens (including phenoxy) is 1. The molecule has 0 atom stereocenters. The molecule has 176 valence electrons. The average Bonchev–Trinajstić information content (AvgIpc) is 3.35. The smallest absolute Gasteiger partial charge is 0.276 e. The van der Waals surface area contributed by atoms with Crippen LogP contribution in [0.25, 0.3) is 0 Å². The highest BCUT2D eigenvalue weighted by Crippen LogP contribution is 2.25. The zero-order valence-corrected chi connectivity index (χ0v) is 21.0. The molecule has 4 rings (SSSR count). The van der Waals surface area contributed by atoms with Crippen LogP contribution in [0, 0.1) is 20.8 Å². The second-order valence-electron chi connectivity index (χ2n) is 7.82. The van der Waals surface area contributed by atoms with E-state index in [4.69, 9.17) is 39.5 Å². The van der Waals surface area contributed by atoms with Crippen molar-refractivity contribution in [3.8, 4) is 5.75 Å². The minimum Gasteiger partial charge on any atom is -0.471 e. The van der Waals surface area contributed by atoms with Gasteiger partial charge >= 0.3 is 0 Å². The van der Waals surface area contributed by atoms with Gasteiger partial charge in [-0.15, -0.1) is 0 Å². The highest BCUT2D eigenvalue weighted by molar-refractivity contribution is 6.35. The van der Waals surface area contributed by atoms with Crippen molar-refractivity contribution < 1.29 is 9.53 Å². The Hall–Kier alpha value is -3.00. The summed E-state index contributed by atoms with van der Waals surface area (Å²) in [5.41, 5.74) is 4.20. The molecule has 7 nitrogen and oxygen atoms in total. The van der Waals surface area contributed by atoms with E-state index >= 15 is 0 Å². The van der Waals surface area contributed by atoms with Crippen LogP contribution >= 0.6 is 34.8 Å². The van der Waals surface area contributed by atoms with Crippen molar-refractivity contribution in [3.05, 3.63) is 91.9 Å². The highest BCUT2D eigenvalue weighted by atomic mass is 35.5. The van der Waals surface area contributed by atoms with Crippen molar-refractivity contribution in [2.75, 3.05) is 5.32 Å². The Balaban J connectivity index is 1.43. The third-order valence-corrected chi connectivity index (χ3v) is 6.14. The molecule has 0 saturated carbocycles. The molecule has 2 aromatic heterocycles. The molecule has 0 unspecified atom stereocenters. The Kier molecular flexibility index (Phi) is 7.16. The van der Waals surface area contributed by atoms with Crippen molar-refractivity contribution in [2.24, 2.45) is 0 Å². The molecular formula is C24H22Cl3N5O2. The predicted octanol–water partition coefficient (Wildman–Crippen LogP) is 6.30. The van der Waals surface area contributed by atoms with Crippen molar-refractivity contribution in [1.29, 1.82) is 0 Å². The lowest BCUT2D eigenvalue weighted by Gasteiger charge is -2.09. The first-order valence-electron chi connectivity index (χ1n) is 10.4. The fourth-order valence-corrected chi connectivity index (χ4v) is 4.18. The molecule has 10 heteroatoms. The molecule has 1 N–H and O–H groups in total. The maximum atomic E-state index is 12.8. The lowest BCUT2D eigenvalue weighted by atomic mass is 10.2. The molecule has 0 radical (unpaired) electrons. The first-order valence-corrected chi connectivity index (χ1v) is 11.6. The number of nitrogens with one attached hydrogen (secondary N) is 1. The van der Waals surface area contributed by atoms with E-state index in [1.54, 1.807) is 45.9 Å². The molecule has 1 amide bonds. The van der Waals surface area contributed by atoms with Gasteiger partial charge in [0.1, 0.15) is 5.75 Å². The summed E-state index contributed by atoms with van der Waals surface area (Å²) in [5.74, 6) is 0.363. The van der Waals surface area contributed by atoms with Crippen LogP contribution in [0.3, 0.4) is 0 Å². The van der Waals surface area contributed by atoms with Gasteiger partial charge in [0.15, 0.2) is 12.4 Å². The monoisotopic (exact) mass is 517 g/mol. The minimum absolute atomic E-state index is 0.160. The van der Waals surface area contributed by atoms with Crippen LogP contribution in [0.2, 0.25) is 15.1 Å². The van der Waals surface area contributed by atoms with E-state index in [2.05, 4.69) is 15.5 Å². The van der Waals surface area contributed by atoms with Gasteiger partial charge in [0.05, 0.1) is 23.6 Å². The zero-order chi connectivity index (χ0) is 24.4. The van der Waals surface area contributed by atoms with Crippen LogP contribution < -0.4 is 10.1 Å². The van der Waals surface area contributed by atoms with E-state index in [-0.39, 0.29) is 18.3 Å². The number of carbonyl (C=O) groups excluding carboxylic acids is 1. The van der Waals surface area contributed by atoms with Gasteiger partial charge in [0, 0.05) is 21.3 Å². The quantitative estimate of drug-likeness (QED) is 0.311. The largest absolute Gasteiger partial charge is 0.471 e. The number of nitrogens with zero attached hydrogens (tertiary/aromatic N) is 4. The van der Waals surface area contributed by atoms with Crippen LogP contribution in [0.1, 0.15) is 33.0 Å². The Labute approximate surface area is 212 Å². The number of benzene rings is 2. The molecular weight excluding hydrogens is 497 g/mol. The summed E-state index contributed by atoms with van der Waals surface area (Å²) >= 11 is 18.3. The summed E-state index contributed by atoms with van der Waals surface area (Å²) in [6, 6.07) is 12.4. The lowest BCUT2D eigenvalue weighted by molar-refractivity contribution is 0.102. The van der Waals surface area contributed by atoms with E-state index < -0.39 is 0 Å². The molecule has 0 aliphatic heterocycles.